The summed E-state index contributed by atoms with van der Waals surface area (Å²) in [4.78, 5) is 14.0. The molecule has 0 radical (unpaired) electrons. The molecule has 2 N–H and O–H groups in total. The summed E-state index contributed by atoms with van der Waals surface area (Å²) in [7, 11) is 0. The molecule has 0 aliphatic carbocycles. The van der Waals surface area contributed by atoms with Crippen LogP contribution in [0.15, 0.2) is 0 Å². The van der Waals surface area contributed by atoms with Crippen molar-refractivity contribution in [1.82, 2.24) is 4.90 Å². The molecule has 0 saturated heterocycles. The highest BCUT2D eigenvalue weighted by atomic mass is 16.2. The first-order valence-corrected chi connectivity index (χ1v) is 5.63. The van der Waals surface area contributed by atoms with Gasteiger partial charge in [-0.1, -0.05) is 34.6 Å². The number of carbonyl (C=O) groups excluding carboxylic acids is 1. The predicted molar refractivity (Wildman–Crippen MR) is 64.5 cm³/mol. The Balaban J connectivity index is 4.59. The molecule has 0 aliphatic rings. The van der Waals surface area contributed by atoms with E-state index >= 15 is 0 Å². The minimum absolute atomic E-state index is 0.00306. The van der Waals surface area contributed by atoms with Gasteiger partial charge >= 0.3 is 0 Å². The maximum atomic E-state index is 12.1. The molecule has 0 heterocycles. The van der Waals surface area contributed by atoms with Crippen molar-refractivity contribution in [2.75, 3.05) is 19.6 Å². The summed E-state index contributed by atoms with van der Waals surface area (Å²) >= 11 is 0. The first kappa shape index (κ1) is 14.4. The van der Waals surface area contributed by atoms with E-state index in [1.165, 1.54) is 0 Å². The topological polar surface area (TPSA) is 46.3 Å². The van der Waals surface area contributed by atoms with Crippen LogP contribution < -0.4 is 5.73 Å². The fraction of sp³-hybridized carbons (Fsp3) is 0.917. The quantitative estimate of drug-likeness (QED) is 0.776. The largest absolute Gasteiger partial charge is 0.342 e. The van der Waals surface area contributed by atoms with Crippen LogP contribution in [0.3, 0.4) is 0 Å². The lowest BCUT2D eigenvalue weighted by Crippen LogP contribution is -2.46. The maximum absolute atomic E-state index is 12.1. The molecule has 0 spiro atoms. The van der Waals surface area contributed by atoms with Gasteiger partial charge in [0.1, 0.15) is 0 Å². The molecule has 3 nitrogen and oxygen atoms in total. The third kappa shape index (κ3) is 4.65. The summed E-state index contributed by atoms with van der Waals surface area (Å²) in [5, 5.41) is 0. The molecule has 3 heteroatoms. The first-order chi connectivity index (χ1) is 6.64. The van der Waals surface area contributed by atoms with Crippen molar-refractivity contribution in [3.63, 3.8) is 0 Å². The average Bonchev–Trinajstić information content (AvgIpc) is 2.11. The van der Waals surface area contributed by atoms with Crippen LogP contribution in [0, 0.1) is 10.8 Å². The molecular formula is C12H26N2O. The third-order valence-corrected chi connectivity index (χ3v) is 2.48. The van der Waals surface area contributed by atoms with Gasteiger partial charge in [0.15, 0.2) is 0 Å². The zero-order valence-corrected chi connectivity index (χ0v) is 11.1. The Hall–Kier alpha value is -0.570. The lowest BCUT2D eigenvalue weighted by molar-refractivity contribution is -0.140. The van der Waals surface area contributed by atoms with Crippen molar-refractivity contribution in [3.8, 4) is 0 Å². The number of hydrogen-bond donors (Lipinski definition) is 1. The van der Waals surface area contributed by atoms with Gasteiger partial charge in [0, 0.05) is 18.5 Å². The lowest BCUT2D eigenvalue weighted by Gasteiger charge is -2.34. The highest BCUT2D eigenvalue weighted by Crippen LogP contribution is 2.21. The summed E-state index contributed by atoms with van der Waals surface area (Å²) in [6, 6.07) is 0. The van der Waals surface area contributed by atoms with Crippen LogP contribution in [0.1, 0.15) is 41.5 Å². The van der Waals surface area contributed by atoms with Crippen molar-refractivity contribution in [3.05, 3.63) is 0 Å². The first-order valence-electron chi connectivity index (χ1n) is 5.63. The van der Waals surface area contributed by atoms with Crippen molar-refractivity contribution < 1.29 is 4.79 Å². The molecule has 0 rings (SSSR count). The number of amides is 1. The Labute approximate surface area is 94.0 Å². The molecule has 1 amide bonds. The maximum Gasteiger partial charge on any atom is 0.227 e. The van der Waals surface area contributed by atoms with Gasteiger partial charge < -0.3 is 10.6 Å². The number of hydrogen-bond acceptors (Lipinski definition) is 2. The van der Waals surface area contributed by atoms with Crippen LogP contribution in [0.2, 0.25) is 0 Å². The predicted octanol–water partition coefficient (Wildman–Crippen LogP) is 1.87. The fourth-order valence-corrected chi connectivity index (χ4v) is 1.38. The number of carbonyl (C=O) groups is 1. The Kier molecular flexibility index (Phi) is 4.78. The van der Waals surface area contributed by atoms with E-state index in [-0.39, 0.29) is 16.7 Å². The van der Waals surface area contributed by atoms with Gasteiger partial charge in [-0.25, -0.2) is 0 Å². The van der Waals surface area contributed by atoms with Crippen LogP contribution >= 0.6 is 0 Å². The highest BCUT2D eigenvalue weighted by Gasteiger charge is 2.29. The van der Waals surface area contributed by atoms with E-state index in [1.807, 2.05) is 32.6 Å². The van der Waals surface area contributed by atoms with E-state index in [4.69, 9.17) is 5.73 Å². The molecular weight excluding hydrogens is 188 g/mol. The van der Waals surface area contributed by atoms with E-state index in [1.54, 1.807) is 0 Å². The molecule has 0 unspecified atom stereocenters. The Morgan fingerprint density at radius 1 is 1.20 bits per heavy atom. The molecule has 0 aromatic carbocycles. The molecule has 90 valence electrons. The van der Waals surface area contributed by atoms with Crippen molar-refractivity contribution in [1.29, 1.82) is 0 Å². The average molecular weight is 214 g/mol. The van der Waals surface area contributed by atoms with Gasteiger partial charge in [-0.05, 0) is 18.9 Å². The normalized spacial score (nSPS) is 12.7. The van der Waals surface area contributed by atoms with Crippen LogP contribution in [0.4, 0.5) is 0 Å². The minimum atomic E-state index is -0.305. The molecule has 0 saturated carbocycles. The molecule has 0 fully saturated rings. The molecule has 0 aromatic rings. The Morgan fingerprint density at radius 3 is 1.93 bits per heavy atom. The molecule has 0 atom stereocenters. The zero-order valence-electron chi connectivity index (χ0n) is 11.1. The second kappa shape index (κ2) is 4.97. The summed E-state index contributed by atoms with van der Waals surface area (Å²) in [6.07, 6.45) is 0. The SMILES string of the molecule is CCN(CC(C)(C)CN)C(=O)C(C)(C)C. The van der Waals surface area contributed by atoms with E-state index in [0.717, 1.165) is 13.1 Å². The summed E-state index contributed by atoms with van der Waals surface area (Å²) < 4.78 is 0. The van der Waals surface area contributed by atoms with Crippen LogP contribution in [0.25, 0.3) is 0 Å². The van der Waals surface area contributed by atoms with Crippen molar-refractivity contribution in [2.24, 2.45) is 16.6 Å². The number of nitrogens with zero attached hydrogens (tertiary/aromatic N) is 1. The summed E-state index contributed by atoms with van der Waals surface area (Å²) in [5.41, 5.74) is 5.37. The van der Waals surface area contributed by atoms with Crippen LogP contribution in [-0.2, 0) is 4.79 Å². The molecule has 15 heavy (non-hydrogen) atoms. The van der Waals surface area contributed by atoms with Gasteiger partial charge in [-0.2, -0.15) is 0 Å². The second-order valence-corrected chi connectivity index (χ2v) is 5.94. The van der Waals surface area contributed by atoms with E-state index in [2.05, 4.69) is 13.8 Å². The molecule has 0 aliphatic heterocycles. The van der Waals surface area contributed by atoms with Gasteiger partial charge in [-0.3, -0.25) is 4.79 Å². The summed E-state index contributed by atoms with van der Waals surface area (Å²) in [6.45, 7) is 14.1. The summed E-state index contributed by atoms with van der Waals surface area (Å²) in [5.74, 6) is 0.200. The van der Waals surface area contributed by atoms with Crippen LogP contribution in [0.5, 0.6) is 0 Å². The van der Waals surface area contributed by atoms with Gasteiger partial charge in [0.25, 0.3) is 0 Å². The van der Waals surface area contributed by atoms with E-state index < -0.39 is 0 Å². The minimum Gasteiger partial charge on any atom is -0.342 e. The van der Waals surface area contributed by atoms with Gasteiger partial charge in [0.05, 0.1) is 0 Å². The second-order valence-electron chi connectivity index (χ2n) is 5.94. The smallest absolute Gasteiger partial charge is 0.227 e. The Morgan fingerprint density at radius 2 is 1.67 bits per heavy atom. The molecule has 0 bridgehead atoms. The van der Waals surface area contributed by atoms with E-state index in [9.17, 15) is 4.79 Å². The van der Waals surface area contributed by atoms with E-state index in [0.29, 0.717) is 6.54 Å². The van der Waals surface area contributed by atoms with Crippen LogP contribution in [-0.4, -0.2) is 30.4 Å². The monoisotopic (exact) mass is 214 g/mol. The standard InChI is InChI=1S/C12H26N2O/c1-7-14(9-12(5,6)8-13)10(15)11(2,3)4/h7-9,13H2,1-6H3. The van der Waals surface area contributed by atoms with Crippen molar-refractivity contribution in [2.45, 2.75) is 41.5 Å². The van der Waals surface area contributed by atoms with Crippen molar-refractivity contribution >= 4 is 5.91 Å². The number of rotatable bonds is 4. The fourth-order valence-electron chi connectivity index (χ4n) is 1.38. The van der Waals surface area contributed by atoms with Gasteiger partial charge in [-0.15, -0.1) is 0 Å². The number of nitrogens with two attached hydrogens (primary N) is 1. The molecule has 0 aromatic heterocycles. The highest BCUT2D eigenvalue weighted by molar-refractivity contribution is 5.81. The van der Waals surface area contributed by atoms with Gasteiger partial charge in [0.2, 0.25) is 5.91 Å². The zero-order chi connectivity index (χ0) is 12.3. The third-order valence-electron chi connectivity index (χ3n) is 2.48. The Bertz CT molecular complexity index is 216. The lowest BCUT2D eigenvalue weighted by atomic mass is 9.90.